The molecule has 0 saturated heterocycles. The Morgan fingerprint density at radius 2 is 1.50 bits per heavy atom. The molecule has 0 heterocycles. The Morgan fingerprint density at radius 1 is 0.958 bits per heavy atom. The van der Waals surface area contributed by atoms with Crippen molar-refractivity contribution in [3.63, 3.8) is 0 Å². The van der Waals surface area contributed by atoms with Crippen LogP contribution >= 0.6 is 7.60 Å². The standard InChI is InChI=1S/C18H23N2O3P/c1-3-22-24(21,23-4-2)15-18(16-11-7-5-8-12-16)20-19-17-13-9-6-10-14-17/h5-14,19H,3-4,15H2,1-2H3/b20-18-. The lowest BCUT2D eigenvalue weighted by Crippen LogP contribution is -2.13. The van der Waals surface area contributed by atoms with Gasteiger partial charge in [-0.1, -0.05) is 48.5 Å². The van der Waals surface area contributed by atoms with Crippen LogP contribution in [0.25, 0.3) is 0 Å². The van der Waals surface area contributed by atoms with Crippen molar-refractivity contribution in [2.45, 2.75) is 13.8 Å². The Bertz CT molecular complexity index is 680. The van der Waals surface area contributed by atoms with Crippen molar-refractivity contribution in [3.8, 4) is 0 Å². The first-order valence-corrected chi connectivity index (χ1v) is 9.71. The summed E-state index contributed by atoms with van der Waals surface area (Å²) in [5.41, 5.74) is 5.37. The van der Waals surface area contributed by atoms with Crippen LogP contribution in [-0.4, -0.2) is 25.1 Å². The van der Waals surface area contributed by atoms with Crippen LogP contribution in [0, 0.1) is 0 Å². The molecule has 0 spiro atoms. The van der Waals surface area contributed by atoms with E-state index in [-0.39, 0.29) is 6.16 Å². The van der Waals surface area contributed by atoms with Gasteiger partial charge in [-0.3, -0.25) is 9.99 Å². The molecule has 0 saturated carbocycles. The highest BCUT2D eigenvalue weighted by atomic mass is 31.2. The second-order valence-electron chi connectivity index (χ2n) is 5.01. The summed E-state index contributed by atoms with van der Waals surface area (Å²) in [4.78, 5) is 0. The van der Waals surface area contributed by atoms with Gasteiger partial charge in [-0.25, -0.2) is 0 Å². The maximum absolute atomic E-state index is 12.9. The minimum atomic E-state index is -3.23. The van der Waals surface area contributed by atoms with Crippen molar-refractivity contribution in [1.29, 1.82) is 0 Å². The topological polar surface area (TPSA) is 59.9 Å². The zero-order valence-corrected chi connectivity index (χ0v) is 14.9. The molecule has 0 bridgehead atoms. The summed E-state index contributed by atoms with van der Waals surface area (Å²) in [6.45, 7) is 4.25. The molecule has 0 amide bonds. The summed E-state index contributed by atoms with van der Waals surface area (Å²) in [5, 5.41) is 4.45. The van der Waals surface area contributed by atoms with E-state index in [2.05, 4.69) is 10.5 Å². The van der Waals surface area contributed by atoms with Gasteiger partial charge in [0.2, 0.25) is 0 Å². The van der Waals surface area contributed by atoms with E-state index in [1.807, 2.05) is 60.7 Å². The Kier molecular flexibility index (Phi) is 7.19. The molecule has 0 fully saturated rings. The molecular weight excluding hydrogens is 323 g/mol. The molecule has 0 aliphatic rings. The van der Waals surface area contributed by atoms with Crippen molar-refractivity contribution in [2.24, 2.45) is 5.10 Å². The highest BCUT2D eigenvalue weighted by molar-refractivity contribution is 7.55. The van der Waals surface area contributed by atoms with E-state index in [1.54, 1.807) is 13.8 Å². The lowest BCUT2D eigenvalue weighted by atomic mass is 10.1. The molecular formula is C18H23N2O3P. The fourth-order valence-corrected chi connectivity index (χ4v) is 3.84. The summed E-state index contributed by atoms with van der Waals surface area (Å²) < 4.78 is 23.7. The van der Waals surface area contributed by atoms with Crippen LogP contribution in [-0.2, 0) is 13.6 Å². The molecule has 0 radical (unpaired) electrons. The summed E-state index contributed by atoms with van der Waals surface area (Å²) in [5.74, 6) is 0. The van der Waals surface area contributed by atoms with E-state index < -0.39 is 7.60 Å². The first-order valence-electron chi connectivity index (χ1n) is 7.98. The number of hydrazone groups is 1. The van der Waals surface area contributed by atoms with E-state index >= 15 is 0 Å². The number of nitrogens with zero attached hydrogens (tertiary/aromatic N) is 1. The number of anilines is 1. The van der Waals surface area contributed by atoms with E-state index in [4.69, 9.17) is 9.05 Å². The minimum absolute atomic E-state index is 0.110. The van der Waals surface area contributed by atoms with Crippen molar-refractivity contribution in [2.75, 3.05) is 24.8 Å². The Balaban J connectivity index is 2.27. The van der Waals surface area contributed by atoms with Gasteiger partial charge in [-0.2, -0.15) is 5.10 Å². The minimum Gasteiger partial charge on any atom is -0.309 e. The zero-order chi connectivity index (χ0) is 17.3. The molecule has 6 heteroatoms. The van der Waals surface area contributed by atoms with E-state index in [0.29, 0.717) is 18.9 Å². The van der Waals surface area contributed by atoms with E-state index in [9.17, 15) is 4.57 Å². The van der Waals surface area contributed by atoms with Crippen molar-refractivity contribution in [3.05, 3.63) is 66.2 Å². The largest absolute Gasteiger partial charge is 0.336 e. The zero-order valence-electron chi connectivity index (χ0n) is 14.0. The molecule has 1 N–H and O–H groups in total. The van der Waals surface area contributed by atoms with Gasteiger partial charge in [0.05, 0.1) is 30.8 Å². The SMILES string of the molecule is CCOP(=O)(C/C(=N/Nc1ccccc1)c1ccccc1)OCC. The van der Waals surface area contributed by atoms with Crippen molar-refractivity contribution < 1.29 is 13.6 Å². The predicted octanol–water partition coefficient (Wildman–Crippen LogP) is 4.77. The second-order valence-corrected chi connectivity index (χ2v) is 7.06. The number of nitrogens with one attached hydrogen (secondary N) is 1. The molecule has 2 aromatic carbocycles. The van der Waals surface area contributed by atoms with Gasteiger partial charge >= 0.3 is 7.60 Å². The quantitative estimate of drug-likeness (QED) is 0.404. The summed E-state index contributed by atoms with van der Waals surface area (Å²) >= 11 is 0. The Hall–Kier alpha value is -1.94. The lowest BCUT2D eigenvalue weighted by Gasteiger charge is -2.18. The molecule has 0 aromatic heterocycles. The average molecular weight is 346 g/mol. The van der Waals surface area contributed by atoms with E-state index in [1.165, 1.54) is 0 Å². The smallest absolute Gasteiger partial charge is 0.309 e. The highest BCUT2D eigenvalue weighted by Gasteiger charge is 2.27. The third-order valence-corrected chi connectivity index (χ3v) is 5.19. The van der Waals surface area contributed by atoms with Gasteiger partial charge in [0.15, 0.2) is 0 Å². The molecule has 24 heavy (non-hydrogen) atoms. The molecule has 2 aromatic rings. The normalized spacial score (nSPS) is 12.2. The van der Waals surface area contributed by atoms with E-state index in [0.717, 1.165) is 11.3 Å². The van der Waals surface area contributed by atoms with Gasteiger partial charge in [0.1, 0.15) is 0 Å². The van der Waals surface area contributed by atoms with Crippen molar-refractivity contribution >= 4 is 19.0 Å². The third kappa shape index (κ3) is 5.60. The fraction of sp³-hybridized carbons (Fsp3) is 0.278. The second kappa shape index (κ2) is 9.38. The number of para-hydroxylation sites is 1. The number of hydrogen-bond donors (Lipinski definition) is 1. The summed E-state index contributed by atoms with van der Waals surface area (Å²) in [6.07, 6.45) is 0.110. The highest BCUT2D eigenvalue weighted by Crippen LogP contribution is 2.48. The molecule has 0 atom stereocenters. The lowest BCUT2D eigenvalue weighted by molar-refractivity contribution is 0.223. The monoisotopic (exact) mass is 346 g/mol. The number of benzene rings is 2. The molecule has 2 rings (SSSR count). The van der Waals surface area contributed by atoms with Gasteiger partial charge < -0.3 is 9.05 Å². The molecule has 0 unspecified atom stereocenters. The maximum Gasteiger partial charge on any atom is 0.336 e. The molecule has 0 aliphatic heterocycles. The fourth-order valence-electron chi connectivity index (χ4n) is 2.17. The van der Waals surface area contributed by atoms with Crippen LogP contribution in [0.2, 0.25) is 0 Å². The van der Waals surface area contributed by atoms with Crippen LogP contribution < -0.4 is 5.43 Å². The molecule has 128 valence electrons. The first-order chi connectivity index (χ1) is 11.7. The van der Waals surface area contributed by atoms with Gasteiger partial charge in [-0.05, 0) is 31.5 Å². The third-order valence-electron chi connectivity index (χ3n) is 3.20. The van der Waals surface area contributed by atoms with Gasteiger partial charge in [-0.15, -0.1) is 0 Å². The number of rotatable bonds is 9. The van der Waals surface area contributed by atoms with Crippen LogP contribution in [0.5, 0.6) is 0 Å². The van der Waals surface area contributed by atoms with Gasteiger partial charge in [0.25, 0.3) is 0 Å². The van der Waals surface area contributed by atoms with Crippen molar-refractivity contribution in [1.82, 2.24) is 0 Å². The molecule has 5 nitrogen and oxygen atoms in total. The maximum atomic E-state index is 12.9. The number of hydrogen-bond acceptors (Lipinski definition) is 5. The van der Waals surface area contributed by atoms with Crippen LogP contribution in [0.3, 0.4) is 0 Å². The predicted molar refractivity (Wildman–Crippen MR) is 98.8 cm³/mol. The average Bonchev–Trinajstić information content (AvgIpc) is 2.61. The first kappa shape index (κ1) is 18.4. The van der Waals surface area contributed by atoms with Gasteiger partial charge in [0, 0.05) is 0 Å². The van der Waals surface area contributed by atoms with Crippen LogP contribution in [0.15, 0.2) is 65.8 Å². The summed E-state index contributed by atoms with van der Waals surface area (Å²) in [7, 11) is -3.23. The van der Waals surface area contributed by atoms with Crippen LogP contribution in [0.4, 0.5) is 5.69 Å². The Labute approximate surface area is 143 Å². The Morgan fingerprint density at radius 3 is 2.04 bits per heavy atom. The summed E-state index contributed by atoms with van der Waals surface area (Å²) in [6, 6.07) is 19.2. The molecule has 0 aliphatic carbocycles. The van der Waals surface area contributed by atoms with Crippen LogP contribution in [0.1, 0.15) is 19.4 Å².